The number of nitrogens with zero attached hydrogens (tertiary/aromatic N) is 1. The molecule has 1 fully saturated rings. The van der Waals surface area contributed by atoms with E-state index >= 15 is 0 Å². The molecule has 0 amide bonds. The molecule has 0 radical (unpaired) electrons. The van der Waals surface area contributed by atoms with Crippen LogP contribution in [0.4, 0.5) is 0 Å². The quantitative estimate of drug-likeness (QED) is 0.705. The summed E-state index contributed by atoms with van der Waals surface area (Å²) in [7, 11) is 0. The number of fused-ring (bicyclic) bond motifs is 5. The lowest BCUT2D eigenvalue weighted by Crippen LogP contribution is -2.29. The van der Waals surface area contributed by atoms with Gasteiger partial charge in [-0.15, -0.1) is 0 Å². The lowest BCUT2D eigenvalue weighted by molar-refractivity contribution is 0.158. The van der Waals surface area contributed by atoms with Crippen LogP contribution in [0.15, 0.2) is 24.3 Å². The Bertz CT molecular complexity index is 340. The van der Waals surface area contributed by atoms with E-state index in [-0.39, 0.29) is 0 Å². The maximum Gasteiger partial charge on any atom is 0.0361 e. The average molecular weight is 201 g/mol. The number of rotatable bonds is 2. The summed E-state index contributed by atoms with van der Waals surface area (Å²) in [5.74, 6) is 0. The molecular weight excluding hydrogens is 182 g/mol. The fourth-order valence-electron chi connectivity index (χ4n) is 3.41. The van der Waals surface area contributed by atoms with E-state index in [0.717, 1.165) is 18.1 Å². The van der Waals surface area contributed by atoms with Crippen molar-refractivity contribution in [1.29, 1.82) is 0 Å². The van der Waals surface area contributed by atoms with E-state index < -0.39 is 0 Å². The maximum absolute atomic E-state index is 2.74. The molecule has 1 heteroatoms. The van der Waals surface area contributed by atoms with Crippen molar-refractivity contribution in [1.82, 2.24) is 4.90 Å². The first-order valence-electron chi connectivity index (χ1n) is 6.19. The first-order chi connectivity index (χ1) is 7.33. The third kappa shape index (κ3) is 1.19. The smallest absolute Gasteiger partial charge is 0.0361 e. The van der Waals surface area contributed by atoms with Crippen molar-refractivity contribution in [2.24, 2.45) is 0 Å². The summed E-state index contributed by atoms with van der Waals surface area (Å²) < 4.78 is 0. The van der Waals surface area contributed by atoms with E-state index in [9.17, 15) is 0 Å². The predicted molar refractivity (Wildman–Crippen MR) is 62.8 cm³/mol. The van der Waals surface area contributed by atoms with Gasteiger partial charge in [0, 0.05) is 18.1 Å². The zero-order valence-electron chi connectivity index (χ0n) is 9.61. The molecule has 0 aromatic heterocycles. The highest BCUT2D eigenvalue weighted by atomic mass is 15.3. The summed E-state index contributed by atoms with van der Waals surface area (Å²) in [5.41, 5.74) is 3.21. The van der Waals surface area contributed by atoms with Crippen LogP contribution in [-0.4, -0.2) is 10.9 Å². The molecule has 0 spiro atoms. The van der Waals surface area contributed by atoms with Gasteiger partial charge in [-0.3, -0.25) is 4.90 Å². The number of hydrogen-bond donors (Lipinski definition) is 0. The highest BCUT2D eigenvalue weighted by molar-refractivity contribution is 5.40. The van der Waals surface area contributed by atoms with Crippen molar-refractivity contribution in [3.8, 4) is 0 Å². The zero-order valence-corrected chi connectivity index (χ0v) is 9.61. The fourth-order valence-corrected chi connectivity index (χ4v) is 3.41. The van der Waals surface area contributed by atoms with Gasteiger partial charge in [-0.05, 0) is 37.3 Å². The number of hydrogen-bond acceptors (Lipinski definition) is 1. The third-order valence-corrected chi connectivity index (χ3v) is 4.25. The van der Waals surface area contributed by atoms with E-state index in [4.69, 9.17) is 0 Å². The van der Waals surface area contributed by atoms with Crippen molar-refractivity contribution in [3.05, 3.63) is 35.4 Å². The Hall–Kier alpha value is -0.820. The molecule has 0 aliphatic carbocycles. The maximum atomic E-state index is 2.74. The molecular formula is C14H19N. The van der Waals surface area contributed by atoms with Crippen LogP contribution in [0.25, 0.3) is 0 Å². The predicted octanol–water partition coefficient (Wildman–Crippen LogP) is 3.68. The largest absolute Gasteiger partial charge is 0.287 e. The minimum absolute atomic E-state index is 0.723. The summed E-state index contributed by atoms with van der Waals surface area (Å²) in [6, 6.07) is 11.2. The van der Waals surface area contributed by atoms with Gasteiger partial charge in [-0.25, -0.2) is 0 Å². The summed E-state index contributed by atoms with van der Waals surface area (Å²) in [6.45, 7) is 4.67. The van der Waals surface area contributed by atoms with Crippen LogP contribution in [0.2, 0.25) is 0 Å². The molecule has 1 saturated heterocycles. The first-order valence-corrected chi connectivity index (χ1v) is 6.19. The minimum Gasteiger partial charge on any atom is -0.287 e. The van der Waals surface area contributed by atoms with Gasteiger partial charge in [0.15, 0.2) is 0 Å². The van der Waals surface area contributed by atoms with Gasteiger partial charge in [0.25, 0.3) is 0 Å². The van der Waals surface area contributed by atoms with E-state index in [1.807, 2.05) is 0 Å². The molecule has 80 valence electrons. The highest BCUT2D eigenvalue weighted by Gasteiger charge is 2.44. The van der Waals surface area contributed by atoms with Gasteiger partial charge < -0.3 is 0 Å². The van der Waals surface area contributed by atoms with Gasteiger partial charge in [-0.2, -0.15) is 0 Å². The van der Waals surface area contributed by atoms with Gasteiger partial charge in [0.1, 0.15) is 0 Å². The molecule has 3 rings (SSSR count). The monoisotopic (exact) mass is 201 g/mol. The van der Waals surface area contributed by atoms with Crippen LogP contribution >= 0.6 is 0 Å². The molecule has 2 aliphatic rings. The molecule has 2 aliphatic heterocycles. The van der Waals surface area contributed by atoms with Crippen molar-refractivity contribution in [3.63, 3.8) is 0 Å². The van der Waals surface area contributed by atoms with Gasteiger partial charge >= 0.3 is 0 Å². The van der Waals surface area contributed by atoms with Crippen molar-refractivity contribution in [2.75, 3.05) is 0 Å². The van der Waals surface area contributed by atoms with E-state index in [2.05, 4.69) is 43.0 Å². The van der Waals surface area contributed by atoms with Crippen LogP contribution in [0.3, 0.4) is 0 Å². The Balaban J connectivity index is 2.01. The average Bonchev–Trinajstić information content (AvgIpc) is 2.84. The van der Waals surface area contributed by atoms with Crippen LogP contribution in [0.5, 0.6) is 0 Å². The van der Waals surface area contributed by atoms with Crippen molar-refractivity contribution < 1.29 is 0 Å². The second-order valence-corrected chi connectivity index (χ2v) is 4.94. The third-order valence-electron chi connectivity index (χ3n) is 4.25. The molecule has 2 unspecified atom stereocenters. The molecule has 0 N–H and O–H groups in total. The highest BCUT2D eigenvalue weighted by Crippen LogP contribution is 2.53. The minimum atomic E-state index is 0.723. The molecule has 1 nitrogen and oxygen atoms in total. The molecule has 2 bridgehead atoms. The van der Waals surface area contributed by atoms with E-state index in [0.29, 0.717) is 0 Å². The van der Waals surface area contributed by atoms with Crippen LogP contribution in [0, 0.1) is 0 Å². The van der Waals surface area contributed by atoms with Gasteiger partial charge in [0.2, 0.25) is 0 Å². The van der Waals surface area contributed by atoms with Crippen molar-refractivity contribution in [2.45, 2.75) is 51.2 Å². The van der Waals surface area contributed by atoms with Crippen LogP contribution in [0.1, 0.15) is 56.3 Å². The first kappa shape index (κ1) is 9.41. The Morgan fingerprint density at radius 3 is 2.20 bits per heavy atom. The van der Waals surface area contributed by atoms with Crippen LogP contribution < -0.4 is 0 Å². The second-order valence-electron chi connectivity index (χ2n) is 4.94. The Labute approximate surface area is 92.1 Å². The molecule has 1 aromatic carbocycles. The SMILES string of the molecule is CC[C@H](C)N1C2CCC1c1ccccc12. The summed E-state index contributed by atoms with van der Waals surface area (Å²) in [5, 5.41) is 0. The number of benzene rings is 1. The molecule has 1 aromatic rings. The molecule has 15 heavy (non-hydrogen) atoms. The van der Waals surface area contributed by atoms with Gasteiger partial charge in [0.05, 0.1) is 0 Å². The zero-order chi connectivity index (χ0) is 10.4. The fraction of sp³-hybridized carbons (Fsp3) is 0.571. The molecule has 2 heterocycles. The lowest BCUT2D eigenvalue weighted by Gasteiger charge is -2.28. The van der Waals surface area contributed by atoms with E-state index in [1.165, 1.54) is 19.3 Å². The van der Waals surface area contributed by atoms with Gasteiger partial charge in [-0.1, -0.05) is 31.2 Å². The summed E-state index contributed by atoms with van der Waals surface area (Å²) >= 11 is 0. The topological polar surface area (TPSA) is 3.24 Å². The Morgan fingerprint density at radius 2 is 1.73 bits per heavy atom. The lowest BCUT2D eigenvalue weighted by atomic mass is 9.92. The summed E-state index contributed by atoms with van der Waals surface area (Å²) in [4.78, 5) is 2.74. The standard InChI is InChI=1S/C14H19N/c1-3-10(2)15-13-8-9-14(15)12-7-5-4-6-11(12)13/h4-7,10,13-14H,3,8-9H2,1-2H3/t10-,13?,14?/m0/s1. The second kappa shape index (κ2) is 3.34. The van der Waals surface area contributed by atoms with E-state index in [1.54, 1.807) is 11.1 Å². The van der Waals surface area contributed by atoms with Crippen LogP contribution in [-0.2, 0) is 0 Å². The normalized spacial score (nSPS) is 30.5. The van der Waals surface area contributed by atoms with Crippen molar-refractivity contribution >= 4 is 0 Å². The Kier molecular flexibility index (Phi) is 2.10. The molecule has 3 atom stereocenters. The Morgan fingerprint density at radius 1 is 1.20 bits per heavy atom. The summed E-state index contributed by atoms with van der Waals surface area (Å²) in [6.07, 6.45) is 4.00. The molecule has 0 saturated carbocycles.